The number of nitrogens with one attached hydrogen (secondary N) is 1. The Hall–Kier alpha value is -1.90. The van der Waals surface area contributed by atoms with E-state index in [1.165, 1.54) is 0 Å². The number of halogens is 1. The molecule has 0 aliphatic carbocycles. The first kappa shape index (κ1) is 17.9. The molecule has 1 fully saturated rings. The zero-order chi connectivity index (χ0) is 17.8. The van der Waals surface area contributed by atoms with E-state index >= 15 is 0 Å². The van der Waals surface area contributed by atoms with Crippen LogP contribution in [0.4, 0.5) is 11.5 Å². The van der Waals surface area contributed by atoms with Crippen LogP contribution in [-0.4, -0.2) is 47.1 Å². The molecule has 1 aliphatic rings. The minimum atomic E-state index is -0.720. The minimum absolute atomic E-state index is 0.272. The molecule has 2 heterocycles. The number of rotatable bonds is 5. The van der Waals surface area contributed by atoms with Crippen molar-refractivity contribution >= 4 is 40.7 Å². The fourth-order valence-corrected chi connectivity index (χ4v) is 3.10. The second-order valence-corrected chi connectivity index (χ2v) is 6.59. The zero-order valence-corrected chi connectivity index (χ0v) is 15.6. The molecule has 1 unspecified atom stereocenters. The van der Waals surface area contributed by atoms with Crippen LogP contribution in [0.3, 0.4) is 0 Å². The summed E-state index contributed by atoms with van der Waals surface area (Å²) in [5.41, 5.74) is 1.48. The molecule has 0 radical (unpaired) electrons. The molecule has 2 aromatic rings. The molecule has 9 heteroatoms. The average Bonchev–Trinajstić information content (AvgIpc) is 3.07. The van der Waals surface area contributed by atoms with Gasteiger partial charge in [0, 0.05) is 23.8 Å². The second kappa shape index (κ2) is 7.99. The Kier molecular flexibility index (Phi) is 5.72. The molecule has 0 spiro atoms. The number of carbonyl (C=O) groups is 1. The molecule has 7 nitrogen and oxygen atoms in total. The van der Waals surface area contributed by atoms with Gasteiger partial charge in [0.1, 0.15) is 0 Å². The smallest absolute Gasteiger partial charge is 0.271 e. The van der Waals surface area contributed by atoms with Gasteiger partial charge in [-0.05, 0) is 31.5 Å². The topological polar surface area (TPSA) is 76.6 Å². The molecule has 1 aromatic carbocycles. The van der Waals surface area contributed by atoms with E-state index in [1.807, 2.05) is 11.8 Å². The van der Waals surface area contributed by atoms with Gasteiger partial charge in [0.15, 0.2) is 6.10 Å². The van der Waals surface area contributed by atoms with Crippen LogP contribution >= 0.6 is 23.3 Å². The number of carbonyl (C=O) groups excluding carboxylic acids is 1. The lowest BCUT2D eigenvalue weighted by atomic mass is 10.2. The van der Waals surface area contributed by atoms with Gasteiger partial charge in [-0.3, -0.25) is 4.79 Å². The van der Waals surface area contributed by atoms with Crippen molar-refractivity contribution in [2.45, 2.75) is 20.0 Å². The van der Waals surface area contributed by atoms with E-state index in [9.17, 15) is 4.79 Å². The van der Waals surface area contributed by atoms with E-state index in [0.717, 1.165) is 30.4 Å². The van der Waals surface area contributed by atoms with Gasteiger partial charge in [0.2, 0.25) is 5.82 Å². The quantitative estimate of drug-likeness (QED) is 0.856. The number of hydrogen-bond acceptors (Lipinski definition) is 7. The van der Waals surface area contributed by atoms with Crippen molar-refractivity contribution in [3.05, 3.63) is 28.8 Å². The summed E-state index contributed by atoms with van der Waals surface area (Å²) in [4.78, 5) is 14.5. The van der Waals surface area contributed by atoms with Gasteiger partial charge >= 0.3 is 0 Å². The number of aromatic nitrogens is 2. The van der Waals surface area contributed by atoms with E-state index in [4.69, 9.17) is 21.1 Å². The molecule has 1 amide bonds. The molecule has 1 aromatic heterocycles. The number of morpholine rings is 1. The summed E-state index contributed by atoms with van der Waals surface area (Å²) in [7, 11) is 0. The number of hydrogen-bond donors (Lipinski definition) is 1. The van der Waals surface area contributed by atoms with Crippen LogP contribution < -0.4 is 15.0 Å². The third-order valence-electron chi connectivity index (χ3n) is 3.94. The molecule has 1 atom stereocenters. The fourth-order valence-electron chi connectivity index (χ4n) is 2.42. The molecular weight excluding hydrogens is 364 g/mol. The fraction of sp³-hybridized carbons (Fsp3) is 0.438. The molecule has 0 saturated carbocycles. The number of anilines is 2. The summed E-state index contributed by atoms with van der Waals surface area (Å²) < 4.78 is 19.6. The summed E-state index contributed by atoms with van der Waals surface area (Å²) in [5.74, 6) is 0.760. The zero-order valence-electron chi connectivity index (χ0n) is 14.0. The van der Waals surface area contributed by atoms with Crippen molar-refractivity contribution < 1.29 is 14.3 Å². The number of amides is 1. The van der Waals surface area contributed by atoms with Crippen LogP contribution in [0.25, 0.3) is 0 Å². The highest BCUT2D eigenvalue weighted by Gasteiger charge is 2.24. The molecule has 1 aliphatic heterocycles. The molecule has 1 saturated heterocycles. The van der Waals surface area contributed by atoms with Crippen molar-refractivity contribution in [2.75, 3.05) is 36.5 Å². The third kappa shape index (κ3) is 4.20. The maximum atomic E-state index is 12.4. The molecule has 1 N–H and O–H groups in total. The first-order valence-corrected chi connectivity index (χ1v) is 9.05. The van der Waals surface area contributed by atoms with E-state index in [1.54, 1.807) is 25.1 Å². The van der Waals surface area contributed by atoms with Crippen molar-refractivity contribution in [2.24, 2.45) is 0 Å². The van der Waals surface area contributed by atoms with Crippen LogP contribution in [0.2, 0.25) is 5.02 Å². The van der Waals surface area contributed by atoms with Crippen LogP contribution in [0, 0.1) is 6.92 Å². The molecule has 3 rings (SSSR count). The van der Waals surface area contributed by atoms with Crippen molar-refractivity contribution in [3.8, 4) is 5.88 Å². The van der Waals surface area contributed by atoms with E-state index in [-0.39, 0.29) is 5.91 Å². The maximum absolute atomic E-state index is 12.4. The summed E-state index contributed by atoms with van der Waals surface area (Å²) in [5, 5.41) is 3.44. The normalized spacial score (nSPS) is 15.7. The highest BCUT2D eigenvalue weighted by molar-refractivity contribution is 6.99. The van der Waals surface area contributed by atoms with Crippen LogP contribution in [0.15, 0.2) is 18.2 Å². The lowest BCUT2D eigenvalue weighted by Gasteiger charge is -2.27. The Morgan fingerprint density at radius 1 is 1.40 bits per heavy atom. The summed E-state index contributed by atoms with van der Waals surface area (Å²) >= 11 is 7.15. The monoisotopic (exact) mass is 382 g/mol. The van der Waals surface area contributed by atoms with Gasteiger partial charge < -0.3 is 19.7 Å². The van der Waals surface area contributed by atoms with Crippen LogP contribution in [-0.2, 0) is 9.53 Å². The molecule has 134 valence electrons. The Labute approximate surface area is 155 Å². The molecule has 25 heavy (non-hydrogen) atoms. The van der Waals surface area contributed by atoms with Crippen molar-refractivity contribution in [1.29, 1.82) is 0 Å². The molecule has 0 bridgehead atoms. The van der Waals surface area contributed by atoms with Crippen LogP contribution in [0.1, 0.15) is 12.5 Å². The minimum Gasteiger partial charge on any atom is -0.461 e. The van der Waals surface area contributed by atoms with E-state index in [0.29, 0.717) is 35.6 Å². The van der Waals surface area contributed by atoms with Gasteiger partial charge in [0.25, 0.3) is 11.8 Å². The first-order chi connectivity index (χ1) is 12.1. The van der Waals surface area contributed by atoms with Gasteiger partial charge in [-0.1, -0.05) is 17.7 Å². The summed E-state index contributed by atoms with van der Waals surface area (Å²) in [6.07, 6.45) is -0.720. The Balaban J connectivity index is 1.66. The lowest BCUT2D eigenvalue weighted by molar-refractivity contribution is -0.122. The number of ether oxygens (including phenoxy) is 2. The standard InChI is InChI=1S/C16H19ClN4O3S/c1-10-12(17)4-3-5-13(10)18-15(22)11(2)24-16-14(19-25-20-16)21-6-8-23-9-7-21/h3-5,11H,6-9H2,1-2H3,(H,18,22). The van der Waals surface area contributed by atoms with Crippen molar-refractivity contribution in [3.63, 3.8) is 0 Å². The van der Waals surface area contributed by atoms with E-state index in [2.05, 4.69) is 14.1 Å². The largest absolute Gasteiger partial charge is 0.461 e. The SMILES string of the molecule is Cc1c(Cl)cccc1NC(=O)C(C)Oc1nsnc1N1CCOCC1. The molecular formula is C16H19ClN4O3S. The Morgan fingerprint density at radius 2 is 2.16 bits per heavy atom. The van der Waals surface area contributed by atoms with Gasteiger partial charge in [-0.25, -0.2) is 0 Å². The summed E-state index contributed by atoms with van der Waals surface area (Å²) in [6.45, 7) is 6.26. The highest BCUT2D eigenvalue weighted by Crippen LogP contribution is 2.28. The summed E-state index contributed by atoms with van der Waals surface area (Å²) in [6, 6.07) is 5.37. The van der Waals surface area contributed by atoms with Gasteiger partial charge in [-0.15, -0.1) is 4.37 Å². The van der Waals surface area contributed by atoms with Gasteiger partial charge in [0.05, 0.1) is 24.9 Å². The Morgan fingerprint density at radius 3 is 2.92 bits per heavy atom. The highest BCUT2D eigenvalue weighted by atomic mass is 35.5. The second-order valence-electron chi connectivity index (χ2n) is 5.65. The predicted octanol–water partition coefficient (Wildman–Crippen LogP) is 2.74. The van der Waals surface area contributed by atoms with Crippen molar-refractivity contribution in [1.82, 2.24) is 8.75 Å². The average molecular weight is 383 g/mol. The third-order valence-corrected chi connectivity index (χ3v) is 4.85. The number of benzene rings is 1. The van der Waals surface area contributed by atoms with Gasteiger partial charge in [-0.2, -0.15) is 4.37 Å². The number of nitrogens with zero attached hydrogens (tertiary/aromatic N) is 3. The van der Waals surface area contributed by atoms with E-state index < -0.39 is 6.10 Å². The predicted molar refractivity (Wildman–Crippen MR) is 97.8 cm³/mol. The maximum Gasteiger partial charge on any atom is 0.271 e. The lowest BCUT2D eigenvalue weighted by Crippen LogP contribution is -2.37. The first-order valence-electron chi connectivity index (χ1n) is 7.94. The van der Waals surface area contributed by atoms with Crippen LogP contribution in [0.5, 0.6) is 5.88 Å². The Bertz CT molecular complexity index is 749.